The molecule has 2 rings (SSSR count). The summed E-state index contributed by atoms with van der Waals surface area (Å²) in [7, 11) is -0.651. The summed E-state index contributed by atoms with van der Waals surface area (Å²) in [4.78, 5) is 11.0. The molecule has 23 heavy (non-hydrogen) atoms. The Labute approximate surface area is 135 Å². The summed E-state index contributed by atoms with van der Waals surface area (Å²) in [6.45, 7) is 7.84. The molecule has 0 aliphatic carbocycles. The summed E-state index contributed by atoms with van der Waals surface area (Å²) < 4.78 is 25.4. The lowest BCUT2D eigenvalue weighted by molar-refractivity contribution is 0.00578. The van der Waals surface area contributed by atoms with Crippen molar-refractivity contribution in [3.05, 3.63) is 40.6 Å². The van der Waals surface area contributed by atoms with Crippen molar-refractivity contribution in [3.63, 3.8) is 0 Å². The normalized spacial score (nSPS) is 19.9. The number of hydrogen-bond acceptors (Lipinski definition) is 4. The van der Waals surface area contributed by atoms with Gasteiger partial charge in [0, 0.05) is 6.54 Å². The van der Waals surface area contributed by atoms with Gasteiger partial charge >= 0.3 is 13.1 Å². The largest absolute Gasteiger partial charge is 0.491 e. The van der Waals surface area contributed by atoms with Gasteiger partial charge in [-0.3, -0.25) is 0 Å². The van der Waals surface area contributed by atoms with E-state index in [9.17, 15) is 9.18 Å². The van der Waals surface area contributed by atoms with E-state index >= 15 is 0 Å². The average molecular weight is 321 g/mol. The van der Waals surface area contributed by atoms with Crippen molar-refractivity contribution in [2.75, 3.05) is 6.54 Å². The van der Waals surface area contributed by atoms with Crippen molar-refractivity contribution in [3.8, 4) is 0 Å². The second-order valence-electron chi connectivity index (χ2n) is 6.59. The number of benzene rings is 1. The van der Waals surface area contributed by atoms with Gasteiger partial charge < -0.3 is 20.1 Å². The molecule has 1 aromatic carbocycles. The van der Waals surface area contributed by atoms with E-state index in [0.29, 0.717) is 11.0 Å². The molecule has 0 saturated carbocycles. The van der Waals surface area contributed by atoms with Gasteiger partial charge in [0.1, 0.15) is 5.82 Å². The second kappa shape index (κ2) is 6.07. The minimum absolute atomic E-state index is 0.124. The van der Waals surface area contributed by atoms with Crippen LogP contribution in [0.25, 0.3) is 6.08 Å². The summed E-state index contributed by atoms with van der Waals surface area (Å²) in [6, 6.07) is 3.59. The zero-order valence-corrected chi connectivity index (χ0v) is 13.7. The Hall–Kier alpha value is -1.70. The third kappa shape index (κ3) is 3.63. The predicted molar refractivity (Wildman–Crippen MR) is 86.5 cm³/mol. The van der Waals surface area contributed by atoms with Crippen molar-refractivity contribution in [2.24, 2.45) is 5.73 Å². The molecule has 1 aromatic rings. The van der Waals surface area contributed by atoms with Crippen molar-refractivity contribution in [1.82, 2.24) is 0 Å². The van der Waals surface area contributed by atoms with Gasteiger partial charge in [0.2, 0.25) is 0 Å². The van der Waals surface area contributed by atoms with Crippen LogP contribution in [-0.4, -0.2) is 35.9 Å². The minimum Gasteiger partial charge on any atom is -0.478 e. The molecule has 1 heterocycles. The molecule has 0 spiro atoms. The lowest BCUT2D eigenvalue weighted by Gasteiger charge is -2.32. The fraction of sp³-hybridized carbons (Fsp3) is 0.438. The first-order valence-corrected chi connectivity index (χ1v) is 7.36. The van der Waals surface area contributed by atoms with E-state index in [-0.39, 0.29) is 12.1 Å². The SMILES string of the molecule is CC1(C)OB(C(=Cc2cc(F)cc(C(=O)O)c2)CN)OC1(C)C. The second-order valence-corrected chi connectivity index (χ2v) is 6.59. The number of nitrogens with two attached hydrogens (primary N) is 1. The highest BCUT2D eigenvalue weighted by Crippen LogP contribution is 2.38. The number of rotatable bonds is 4. The van der Waals surface area contributed by atoms with Crippen LogP contribution in [0.15, 0.2) is 23.7 Å². The molecule has 1 fully saturated rings. The van der Waals surface area contributed by atoms with Gasteiger partial charge in [-0.2, -0.15) is 0 Å². The summed E-state index contributed by atoms with van der Waals surface area (Å²) >= 11 is 0. The highest BCUT2D eigenvalue weighted by molar-refractivity contribution is 6.55. The van der Waals surface area contributed by atoms with Crippen LogP contribution in [0.2, 0.25) is 0 Å². The van der Waals surface area contributed by atoms with Gasteiger partial charge in [-0.1, -0.05) is 6.08 Å². The highest BCUT2D eigenvalue weighted by Gasteiger charge is 2.52. The smallest absolute Gasteiger partial charge is 0.478 e. The van der Waals surface area contributed by atoms with Crippen LogP contribution in [0.5, 0.6) is 0 Å². The van der Waals surface area contributed by atoms with Gasteiger partial charge in [-0.05, 0) is 56.9 Å². The lowest BCUT2D eigenvalue weighted by atomic mass is 9.77. The van der Waals surface area contributed by atoms with Gasteiger partial charge in [0.15, 0.2) is 0 Å². The molecule has 124 valence electrons. The monoisotopic (exact) mass is 321 g/mol. The molecule has 0 amide bonds. The molecule has 1 saturated heterocycles. The molecular weight excluding hydrogens is 300 g/mol. The van der Waals surface area contributed by atoms with Gasteiger partial charge in [0.05, 0.1) is 16.8 Å². The molecule has 0 atom stereocenters. The topological polar surface area (TPSA) is 81.8 Å². The molecule has 1 aliphatic rings. The van der Waals surface area contributed by atoms with Crippen molar-refractivity contribution in [2.45, 2.75) is 38.9 Å². The zero-order valence-electron chi connectivity index (χ0n) is 13.7. The first kappa shape index (κ1) is 17.7. The Balaban J connectivity index is 2.35. The Bertz CT molecular complexity index is 641. The van der Waals surface area contributed by atoms with Crippen LogP contribution in [0.4, 0.5) is 4.39 Å². The third-order valence-electron chi connectivity index (χ3n) is 4.31. The average Bonchev–Trinajstić information content (AvgIpc) is 2.64. The maximum Gasteiger partial charge on any atom is 0.491 e. The van der Waals surface area contributed by atoms with Gasteiger partial charge in [0.25, 0.3) is 0 Å². The summed E-state index contributed by atoms with van der Waals surface area (Å²) in [6.07, 6.45) is 1.61. The summed E-state index contributed by atoms with van der Waals surface area (Å²) in [5.74, 6) is -1.81. The van der Waals surface area contributed by atoms with Crippen LogP contribution in [-0.2, 0) is 9.31 Å². The van der Waals surface area contributed by atoms with E-state index in [1.807, 2.05) is 27.7 Å². The standard InChI is InChI=1S/C16H21BFNO4/c1-15(2)16(3,4)23-17(22-15)12(9-19)6-10-5-11(14(20)21)8-13(18)7-10/h5-8H,9,19H2,1-4H3,(H,20,21). The number of aromatic carboxylic acids is 1. The Morgan fingerprint density at radius 1 is 1.26 bits per heavy atom. The number of carboxylic acids is 1. The summed E-state index contributed by atoms with van der Waals surface area (Å²) in [5.41, 5.74) is 5.64. The number of carbonyl (C=O) groups is 1. The maximum atomic E-state index is 13.6. The zero-order chi connectivity index (χ0) is 17.4. The van der Waals surface area contributed by atoms with E-state index < -0.39 is 30.1 Å². The molecule has 7 heteroatoms. The predicted octanol–water partition coefficient (Wildman–Crippen LogP) is 2.50. The number of carboxylic acid groups (broad SMARTS) is 1. The molecular formula is C16H21BFNO4. The molecule has 5 nitrogen and oxygen atoms in total. The van der Waals surface area contributed by atoms with Crippen molar-refractivity contribution >= 4 is 19.2 Å². The van der Waals surface area contributed by atoms with E-state index in [2.05, 4.69) is 0 Å². The van der Waals surface area contributed by atoms with Crippen LogP contribution >= 0.6 is 0 Å². The van der Waals surface area contributed by atoms with E-state index in [4.69, 9.17) is 20.1 Å². The first-order chi connectivity index (χ1) is 10.6. The van der Waals surface area contributed by atoms with Crippen LogP contribution in [0.1, 0.15) is 43.6 Å². The fourth-order valence-corrected chi connectivity index (χ4v) is 2.25. The molecule has 3 N–H and O–H groups in total. The van der Waals surface area contributed by atoms with E-state index in [1.165, 1.54) is 12.1 Å². The number of hydrogen-bond donors (Lipinski definition) is 2. The number of halogens is 1. The maximum absolute atomic E-state index is 13.6. The molecule has 0 aromatic heterocycles. The quantitative estimate of drug-likeness (QED) is 0.833. The fourth-order valence-electron chi connectivity index (χ4n) is 2.25. The Morgan fingerprint density at radius 2 is 1.83 bits per heavy atom. The van der Waals surface area contributed by atoms with Gasteiger partial charge in [-0.25, -0.2) is 9.18 Å². The van der Waals surface area contributed by atoms with E-state index in [0.717, 1.165) is 6.07 Å². The summed E-state index contributed by atoms with van der Waals surface area (Å²) in [5, 5.41) is 9.01. The van der Waals surface area contributed by atoms with Crippen LogP contribution < -0.4 is 5.73 Å². The Morgan fingerprint density at radius 3 is 2.30 bits per heavy atom. The molecule has 0 bridgehead atoms. The van der Waals surface area contributed by atoms with Gasteiger partial charge in [-0.15, -0.1) is 0 Å². The highest BCUT2D eigenvalue weighted by atomic mass is 19.1. The molecule has 1 aliphatic heterocycles. The van der Waals surface area contributed by atoms with Crippen LogP contribution in [0.3, 0.4) is 0 Å². The lowest BCUT2D eigenvalue weighted by Crippen LogP contribution is -2.41. The van der Waals surface area contributed by atoms with Crippen molar-refractivity contribution < 1.29 is 23.6 Å². The van der Waals surface area contributed by atoms with Crippen LogP contribution in [0, 0.1) is 5.82 Å². The first-order valence-electron chi connectivity index (χ1n) is 7.36. The molecule has 0 unspecified atom stereocenters. The van der Waals surface area contributed by atoms with E-state index in [1.54, 1.807) is 6.08 Å². The third-order valence-corrected chi connectivity index (χ3v) is 4.31. The van der Waals surface area contributed by atoms with Crippen molar-refractivity contribution in [1.29, 1.82) is 0 Å². The minimum atomic E-state index is -1.19. The molecule has 0 radical (unpaired) electrons. The Kier molecular flexibility index (Phi) is 4.66.